The highest BCUT2D eigenvalue weighted by molar-refractivity contribution is 5.91. The number of carboxylic acids is 1. The number of nitrogens with one attached hydrogen (secondary N) is 2. The molecule has 0 rings (SSSR count). The van der Waals surface area contributed by atoms with Crippen LogP contribution in [0.1, 0.15) is 13.8 Å². The molecule has 0 aromatic heterocycles. The van der Waals surface area contributed by atoms with E-state index in [1.165, 1.54) is 0 Å². The van der Waals surface area contributed by atoms with Crippen molar-refractivity contribution in [3.05, 3.63) is 0 Å². The zero-order valence-corrected chi connectivity index (χ0v) is 10.3. The van der Waals surface area contributed by atoms with Crippen LogP contribution in [0, 0.1) is 5.92 Å². The van der Waals surface area contributed by atoms with Gasteiger partial charge in [0.15, 0.2) is 0 Å². The molecule has 8 nitrogen and oxygen atoms in total. The minimum atomic E-state index is -1.18. The Morgan fingerprint density at radius 2 is 1.78 bits per heavy atom. The summed E-state index contributed by atoms with van der Waals surface area (Å²) >= 11 is 0. The number of aliphatic carboxylic acids is 1. The Bertz CT molecular complexity index is 319. The van der Waals surface area contributed by atoms with Crippen molar-refractivity contribution in [2.75, 3.05) is 13.2 Å². The molecule has 0 spiro atoms. The van der Waals surface area contributed by atoms with Gasteiger partial charge in [-0.15, -0.1) is 0 Å². The third-order valence-electron chi connectivity index (χ3n) is 2.19. The Labute approximate surface area is 105 Å². The highest BCUT2D eigenvalue weighted by Gasteiger charge is 2.26. The molecule has 0 fully saturated rings. The van der Waals surface area contributed by atoms with Crippen LogP contribution in [-0.4, -0.2) is 53.2 Å². The zero-order chi connectivity index (χ0) is 14.3. The molecule has 0 saturated heterocycles. The van der Waals surface area contributed by atoms with Gasteiger partial charge in [0.05, 0.1) is 6.61 Å². The number of hydrogen-bond acceptors (Lipinski definition) is 5. The molecular formula is C10H19N3O5. The summed E-state index contributed by atoms with van der Waals surface area (Å²) < 4.78 is 0. The van der Waals surface area contributed by atoms with Crippen molar-refractivity contribution in [2.45, 2.75) is 25.9 Å². The minimum absolute atomic E-state index is 0.242. The molecule has 0 aliphatic heterocycles. The van der Waals surface area contributed by atoms with E-state index in [1.54, 1.807) is 13.8 Å². The zero-order valence-electron chi connectivity index (χ0n) is 10.3. The molecule has 0 bridgehead atoms. The van der Waals surface area contributed by atoms with E-state index in [-0.39, 0.29) is 5.92 Å². The lowest BCUT2D eigenvalue weighted by Gasteiger charge is -2.22. The van der Waals surface area contributed by atoms with Gasteiger partial charge in [0.25, 0.3) is 0 Å². The largest absolute Gasteiger partial charge is 0.480 e. The Kier molecular flexibility index (Phi) is 6.91. The molecule has 2 amide bonds. The van der Waals surface area contributed by atoms with E-state index < -0.39 is 43.0 Å². The summed E-state index contributed by atoms with van der Waals surface area (Å²) in [7, 11) is 0. The Balaban J connectivity index is 4.52. The predicted molar refractivity (Wildman–Crippen MR) is 62.5 cm³/mol. The van der Waals surface area contributed by atoms with E-state index in [9.17, 15) is 14.4 Å². The molecule has 8 heteroatoms. The maximum Gasteiger partial charge on any atom is 0.322 e. The van der Waals surface area contributed by atoms with Gasteiger partial charge >= 0.3 is 5.97 Å². The number of carboxylic acid groups (broad SMARTS) is 1. The van der Waals surface area contributed by atoms with E-state index in [1.807, 2.05) is 0 Å². The second kappa shape index (κ2) is 7.62. The smallest absolute Gasteiger partial charge is 0.322 e. The maximum absolute atomic E-state index is 11.6. The van der Waals surface area contributed by atoms with E-state index in [2.05, 4.69) is 10.6 Å². The number of aliphatic hydroxyl groups is 1. The quantitative estimate of drug-likeness (QED) is 0.347. The SMILES string of the molecule is CC(C)[C@H](NC(=O)[C@@H](N)CO)C(=O)NCC(=O)O. The summed E-state index contributed by atoms with van der Waals surface area (Å²) in [4.78, 5) is 33.4. The van der Waals surface area contributed by atoms with E-state index in [0.717, 1.165) is 0 Å². The fourth-order valence-corrected chi connectivity index (χ4v) is 1.15. The first-order chi connectivity index (χ1) is 8.29. The topological polar surface area (TPSA) is 142 Å². The second-order valence-electron chi connectivity index (χ2n) is 4.13. The monoisotopic (exact) mass is 261 g/mol. The van der Waals surface area contributed by atoms with Crippen LogP contribution in [0.4, 0.5) is 0 Å². The first kappa shape index (κ1) is 16.3. The van der Waals surface area contributed by atoms with Crippen molar-refractivity contribution in [3.63, 3.8) is 0 Å². The number of nitrogens with two attached hydrogens (primary N) is 1. The molecule has 18 heavy (non-hydrogen) atoms. The molecule has 0 unspecified atom stereocenters. The number of rotatable bonds is 7. The van der Waals surface area contributed by atoms with Crippen LogP contribution in [0.5, 0.6) is 0 Å². The predicted octanol–water partition coefficient (Wildman–Crippen LogP) is -2.35. The van der Waals surface area contributed by atoms with Crippen molar-refractivity contribution in [1.82, 2.24) is 10.6 Å². The van der Waals surface area contributed by atoms with Gasteiger partial charge in [-0.2, -0.15) is 0 Å². The van der Waals surface area contributed by atoms with Crippen molar-refractivity contribution in [1.29, 1.82) is 0 Å². The number of amides is 2. The van der Waals surface area contributed by atoms with Gasteiger partial charge in [-0.1, -0.05) is 13.8 Å². The first-order valence-corrected chi connectivity index (χ1v) is 5.45. The fourth-order valence-electron chi connectivity index (χ4n) is 1.15. The molecule has 0 radical (unpaired) electrons. The standard InChI is InChI=1S/C10H19N3O5/c1-5(2)8(10(18)12-3-7(15)16)13-9(17)6(11)4-14/h5-6,8,14H,3-4,11H2,1-2H3,(H,12,18)(H,13,17)(H,15,16)/t6-,8-/m0/s1. The van der Waals surface area contributed by atoms with Gasteiger partial charge in [0.2, 0.25) is 11.8 Å². The Morgan fingerprint density at radius 1 is 1.22 bits per heavy atom. The summed E-state index contributed by atoms with van der Waals surface area (Å²) in [5, 5.41) is 21.7. The minimum Gasteiger partial charge on any atom is -0.480 e. The molecule has 0 saturated carbocycles. The Hall–Kier alpha value is -1.67. The van der Waals surface area contributed by atoms with Gasteiger partial charge < -0.3 is 26.6 Å². The number of carbonyl (C=O) groups is 3. The fraction of sp³-hybridized carbons (Fsp3) is 0.700. The summed E-state index contributed by atoms with van der Waals surface area (Å²) in [5.41, 5.74) is 5.30. The van der Waals surface area contributed by atoms with Gasteiger partial charge in [-0.25, -0.2) is 0 Å². The number of carbonyl (C=O) groups excluding carboxylic acids is 2. The van der Waals surface area contributed by atoms with Crippen molar-refractivity contribution in [2.24, 2.45) is 11.7 Å². The molecular weight excluding hydrogens is 242 g/mol. The number of aliphatic hydroxyl groups excluding tert-OH is 1. The molecule has 0 aromatic rings. The summed E-state index contributed by atoms with van der Waals surface area (Å²) in [6.07, 6.45) is 0. The highest BCUT2D eigenvalue weighted by Crippen LogP contribution is 2.02. The van der Waals surface area contributed by atoms with Crippen LogP contribution in [-0.2, 0) is 14.4 Å². The van der Waals surface area contributed by atoms with Gasteiger partial charge in [-0.3, -0.25) is 14.4 Å². The lowest BCUT2D eigenvalue weighted by molar-refractivity contribution is -0.138. The van der Waals surface area contributed by atoms with Crippen LogP contribution >= 0.6 is 0 Å². The summed E-state index contributed by atoms with van der Waals surface area (Å²) in [6, 6.07) is -2.01. The lowest BCUT2D eigenvalue weighted by atomic mass is 10.0. The van der Waals surface area contributed by atoms with Crippen LogP contribution < -0.4 is 16.4 Å². The summed E-state index contributed by atoms with van der Waals surface area (Å²) in [6.45, 7) is 2.32. The number of hydrogen-bond donors (Lipinski definition) is 5. The molecule has 2 atom stereocenters. The van der Waals surface area contributed by atoms with E-state index in [0.29, 0.717) is 0 Å². The van der Waals surface area contributed by atoms with Crippen LogP contribution in [0.2, 0.25) is 0 Å². The first-order valence-electron chi connectivity index (χ1n) is 5.45. The molecule has 104 valence electrons. The third kappa shape index (κ3) is 5.60. The lowest BCUT2D eigenvalue weighted by Crippen LogP contribution is -2.55. The third-order valence-corrected chi connectivity index (χ3v) is 2.19. The van der Waals surface area contributed by atoms with Gasteiger partial charge in [0.1, 0.15) is 18.6 Å². The second-order valence-corrected chi connectivity index (χ2v) is 4.13. The average Bonchev–Trinajstić information content (AvgIpc) is 2.30. The average molecular weight is 261 g/mol. The molecule has 0 aliphatic rings. The Morgan fingerprint density at radius 3 is 2.17 bits per heavy atom. The normalized spacial score (nSPS) is 13.8. The van der Waals surface area contributed by atoms with Crippen LogP contribution in [0.25, 0.3) is 0 Å². The molecule has 0 heterocycles. The van der Waals surface area contributed by atoms with Crippen LogP contribution in [0.3, 0.4) is 0 Å². The molecule has 0 aliphatic carbocycles. The van der Waals surface area contributed by atoms with E-state index in [4.69, 9.17) is 15.9 Å². The van der Waals surface area contributed by atoms with Crippen molar-refractivity contribution >= 4 is 17.8 Å². The molecule has 0 aromatic carbocycles. The van der Waals surface area contributed by atoms with Gasteiger partial charge in [0, 0.05) is 0 Å². The maximum atomic E-state index is 11.6. The molecule has 6 N–H and O–H groups in total. The van der Waals surface area contributed by atoms with Crippen molar-refractivity contribution < 1.29 is 24.6 Å². The summed E-state index contributed by atoms with van der Waals surface area (Å²) in [5.74, 6) is -2.69. The van der Waals surface area contributed by atoms with Crippen molar-refractivity contribution in [3.8, 4) is 0 Å². The van der Waals surface area contributed by atoms with Gasteiger partial charge in [-0.05, 0) is 5.92 Å². The highest BCUT2D eigenvalue weighted by atomic mass is 16.4. The van der Waals surface area contributed by atoms with E-state index >= 15 is 0 Å². The van der Waals surface area contributed by atoms with Crippen LogP contribution in [0.15, 0.2) is 0 Å².